The van der Waals surface area contributed by atoms with Crippen molar-refractivity contribution in [2.24, 2.45) is 0 Å². The number of fused-ring (bicyclic) bond motifs is 5. The number of hydrogen-bond donors (Lipinski definition) is 0. The Morgan fingerprint density at radius 1 is 0.576 bits per heavy atom. The van der Waals surface area contributed by atoms with Crippen LogP contribution in [-0.4, -0.2) is 25.3 Å². The molecular weight excluding hydrogens is 908 g/mol. The fraction of sp³-hybridized carbons (Fsp3) is 0.0769. The molecule has 0 amide bonds. The average molecular weight is 946 g/mol. The van der Waals surface area contributed by atoms with Crippen LogP contribution in [-0.2, 0) is 25.8 Å². The van der Waals surface area contributed by atoms with E-state index in [1.807, 2.05) is 18.3 Å². The van der Waals surface area contributed by atoms with Crippen molar-refractivity contribution in [3.8, 4) is 56.7 Å². The molecule has 4 heterocycles. The van der Waals surface area contributed by atoms with Crippen LogP contribution in [0.2, 0.25) is 0 Å². The molecule has 6 nitrogen and oxygen atoms in total. The monoisotopic (exact) mass is 945 g/mol. The van der Waals surface area contributed by atoms with Gasteiger partial charge < -0.3 is 4.74 Å². The average Bonchev–Trinajstić information content (AvgIpc) is 3.75. The minimum atomic E-state index is 0.742. The summed E-state index contributed by atoms with van der Waals surface area (Å²) in [6.45, 7) is 2.85. The van der Waals surface area contributed by atoms with E-state index in [-0.39, 0.29) is 0 Å². The van der Waals surface area contributed by atoms with E-state index < -0.39 is 0 Å². The van der Waals surface area contributed by atoms with E-state index in [1.165, 1.54) is 10.9 Å². The minimum Gasteiger partial charge on any atom is -0.493 e. The quantitative estimate of drug-likeness (QED) is 0.160. The summed E-state index contributed by atoms with van der Waals surface area (Å²) in [6, 6.07) is 60.1. The fourth-order valence-corrected chi connectivity index (χ4v) is 9.77. The van der Waals surface area contributed by atoms with Crippen LogP contribution >= 0.6 is 0 Å². The normalized spacial score (nSPS) is 12.5. The summed E-state index contributed by atoms with van der Waals surface area (Å²) in [5.74, 6) is 3.32. The number of hydrogen-bond acceptors (Lipinski definition) is 3. The van der Waals surface area contributed by atoms with Gasteiger partial charge in [-0.25, -0.2) is 0 Å². The van der Waals surface area contributed by atoms with Crippen molar-refractivity contribution in [1.29, 1.82) is 0 Å². The number of pyridine rings is 1. The summed E-state index contributed by atoms with van der Waals surface area (Å²) in [4.78, 5) is 4.83. The third kappa shape index (κ3) is 6.14. The number of nitrogens with zero attached hydrogens (tertiary/aromatic N) is 4. The SMILES string of the molecule is Cc1ccnc(-n2c3cc(Oc4cccc(-n5[c](=[Pt])n(-c6c(-c7ccccc7)cccc6-c6ccccc6)c6ccccc65)c4)ccc3c3cc4c(cc32)OCCC4)c1. The second-order valence-electron chi connectivity index (χ2n) is 15.1. The third-order valence-electron chi connectivity index (χ3n) is 11.3. The van der Waals surface area contributed by atoms with Crippen molar-refractivity contribution < 1.29 is 28.8 Å². The van der Waals surface area contributed by atoms with Gasteiger partial charge in [-0.2, -0.15) is 0 Å². The van der Waals surface area contributed by atoms with Gasteiger partial charge in [0.25, 0.3) is 0 Å². The van der Waals surface area contributed by atoms with Gasteiger partial charge in [0.1, 0.15) is 5.75 Å². The molecule has 0 N–H and O–H groups in total. The van der Waals surface area contributed by atoms with Gasteiger partial charge in [-0.1, -0.05) is 0 Å². The molecule has 0 atom stereocenters. The van der Waals surface area contributed by atoms with Crippen molar-refractivity contribution in [2.45, 2.75) is 19.8 Å². The first-order valence-corrected chi connectivity index (χ1v) is 21.1. The Morgan fingerprint density at radius 2 is 1.25 bits per heavy atom. The zero-order chi connectivity index (χ0) is 39.5. The van der Waals surface area contributed by atoms with E-state index in [1.54, 1.807) is 0 Å². The van der Waals surface area contributed by atoms with E-state index in [4.69, 9.17) is 14.5 Å². The number of aryl methyl sites for hydroxylation is 2. The molecular formula is C52H38N4O2Pt. The van der Waals surface area contributed by atoms with E-state index in [0.717, 1.165) is 113 Å². The summed E-state index contributed by atoms with van der Waals surface area (Å²) in [5.41, 5.74) is 13.5. The molecule has 3 aromatic heterocycles. The van der Waals surface area contributed by atoms with Crippen molar-refractivity contribution >= 4 is 32.8 Å². The second kappa shape index (κ2) is 14.6. The minimum absolute atomic E-state index is 0.742. The van der Waals surface area contributed by atoms with Crippen LogP contribution in [0.25, 0.3) is 72.3 Å². The van der Waals surface area contributed by atoms with Crippen LogP contribution in [0.3, 0.4) is 0 Å². The van der Waals surface area contributed by atoms with Gasteiger partial charge in [-0.3, -0.25) is 0 Å². The molecule has 10 aromatic rings. The zero-order valence-electron chi connectivity index (χ0n) is 32.3. The van der Waals surface area contributed by atoms with Gasteiger partial charge in [0.15, 0.2) is 0 Å². The van der Waals surface area contributed by atoms with Crippen LogP contribution in [0.4, 0.5) is 0 Å². The Morgan fingerprint density at radius 3 is 2.00 bits per heavy atom. The van der Waals surface area contributed by atoms with Gasteiger partial charge in [0.2, 0.25) is 0 Å². The van der Waals surface area contributed by atoms with Crippen molar-refractivity contribution in [3.63, 3.8) is 0 Å². The van der Waals surface area contributed by atoms with Crippen molar-refractivity contribution in [2.75, 3.05) is 6.61 Å². The molecule has 0 radical (unpaired) electrons. The first kappa shape index (κ1) is 35.4. The van der Waals surface area contributed by atoms with Gasteiger partial charge >= 0.3 is 294 Å². The molecule has 11 rings (SSSR count). The third-order valence-corrected chi connectivity index (χ3v) is 12.4. The van der Waals surface area contributed by atoms with Gasteiger partial charge in [-0.15, -0.1) is 0 Å². The van der Waals surface area contributed by atoms with Crippen molar-refractivity contribution in [3.05, 3.63) is 191 Å². The molecule has 0 saturated heterocycles. The summed E-state index contributed by atoms with van der Waals surface area (Å²) in [6.07, 6.45) is 3.92. The van der Waals surface area contributed by atoms with Gasteiger partial charge in [0, 0.05) is 6.20 Å². The van der Waals surface area contributed by atoms with E-state index in [0.29, 0.717) is 0 Å². The number of benzene rings is 7. The Kier molecular flexibility index (Phi) is 8.74. The molecule has 288 valence electrons. The van der Waals surface area contributed by atoms with Crippen LogP contribution in [0.5, 0.6) is 17.2 Å². The Balaban J connectivity index is 1.05. The van der Waals surface area contributed by atoms with Gasteiger partial charge in [-0.05, 0) is 37.0 Å². The summed E-state index contributed by atoms with van der Waals surface area (Å²) in [7, 11) is 0. The Hall–Kier alpha value is -6.75. The van der Waals surface area contributed by atoms with E-state index in [9.17, 15) is 0 Å². The molecule has 0 spiro atoms. The second-order valence-corrected chi connectivity index (χ2v) is 16.1. The topological polar surface area (TPSA) is 46.1 Å². The predicted octanol–water partition coefficient (Wildman–Crippen LogP) is 12.8. The predicted molar refractivity (Wildman–Crippen MR) is 234 cm³/mol. The molecule has 0 saturated carbocycles. The molecule has 0 aliphatic carbocycles. The molecule has 0 fully saturated rings. The maximum atomic E-state index is 6.78. The van der Waals surface area contributed by atoms with Crippen LogP contribution < -0.4 is 9.47 Å². The Bertz CT molecular complexity index is 3230. The maximum absolute atomic E-state index is 6.78. The molecule has 0 bridgehead atoms. The summed E-state index contributed by atoms with van der Waals surface area (Å²) < 4.78 is 20.9. The fourth-order valence-electron chi connectivity index (χ4n) is 8.67. The van der Waals surface area contributed by atoms with E-state index >= 15 is 0 Å². The number of imidazole rings is 1. The molecule has 7 aromatic carbocycles. The van der Waals surface area contributed by atoms with Crippen LogP contribution in [0.1, 0.15) is 17.5 Å². The number of para-hydroxylation sites is 3. The molecule has 1 aliphatic rings. The molecule has 1 aliphatic heterocycles. The van der Waals surface area contributed by atoms with Gasteiger partial charge in [0.05, 0.1) is 6.61 Å². The molecule has 0 unspecified atom stereocenters. The van der Waals surface area contributed by atoms with Crippen molar-refractivity contribution in [1.82, 2.24) is 18.7 Å². The zero-order valence-corrected chi connectivity index (χ0v) is 34.6. The number of rotatable bonds is 7. The summed E-state index contributed by atoms with van der Waals surface area (Å²) in [5, 5.41) is 2.34. The molecule has 7 heteroatoms. The first-order chi connectivity index (χ1) is 29.1. The smallest absolute Gasteiger partial charge is 0.493 e. The summed E-state index contributed by atoms with van der Waals surface area (Å²) >= 11 is 2.49. The van der Waals surface area contributed by atoms with Crippen LogP contribution in [0, 0.1) is 10.7 Å². The van der Waals surface area contributed by atoms with Crippen LogP contribution in [0.15, 0.2) is 176 Å². The Labute approximate surface area is 352 Å². The van der Waals surface area contributed by atoms with E-state index in [2.05, 4.69) is 198 Å². The first-order valence-electron chi connectivity index (χ1n) is 20.0. The number of ether oxygens (including phenoxy) is 2. The standard InChI is InChI=1S/C52H38N4O2.Pt/c1-35-26-27-53-51(29-35)56-48-32-41(24-25-44(48)45-30-38-17-12-28-57-50(38)33-49(45)56)58-40-19-10-18-39(31-40)54-34-55(47-23-9-8-22-46(47)54)52-42(36-13-4-2-5-14-36)20-11-21-43(52)37-15-6-3-7-16-37;/h2-11,13-16,18-27,29-33H,12,17,28H2,1H3;. The molecule has 59 heavy (non-hydrogen) atoms. The number of aromatic nitrogens is 4.